The van der Waals surface area contributed by atoms with Gasteiger partial charge < -0.3 is 33.2 Å². The summed E-state index contributed by atoms with van der Waals surface area (Å²) in [6.45, 7) is 8.57. The lowest BCUT2D eigenvalue weighted by molar-refractivity contribution is -0.344. The molecule has 0 amide bonds. The van der Waals surface area contributed by atoms with Crippen molar-refractivity contribution in [1.82, 2.24) is 0 Å². The number of rotatable bonds is 7. The van der Waals surface area contributed by atoms with Crippen LogP contribution in [0.3, 0.4) is 0 Å². The molecule has 0 N–H and O–H groups in total. The third-order valence-corrected chi connectivity index (χ3v) is 6.56. The summed E-state index contributed by atoms with van der Waals surface area (Å²) in [6, 6.07) is 0. The summed E-state index contributed by atoms with van der Waals surface area (Å²) >= 11 is 0. The van der Waals surface area contributed by atoms with E-state index < -0.39 is 60.9 Å². The van der Waals surface area contributed by atoms with E-state index in [1.54, 1.807) is 6.26 Å². The zero-order chi connectivity index (χ0) is 25.9. The molecule has 35 heavy (non-hydrogen) atoms. The molecule has 11 heteroatoms. The van der Waals surface area contributed by atoms with Gasteiger partial charge in [-0.2, -0.15) is 0 Å². The third-order valence-electron chi connectivity index (χ3n) is 6.56. The predicted octanol–water partition coefficient (Wildman–Crippen LogP) is 2.01. The van der Waals surface area contributed by atoms with Gasteiger partial charge in [0.25, 0.3) is 0 Å². The van der Waals surface area contributed by atoms with Gasteiger partial charge >= 0.3 is 23.9 Å². The van der Waals surface area contributed by atoms with Gasteiger partial charge in [0.15, 0.2) is 18.3 Å². The molecule has 2 aliphatic heterocycles. The zero-order valence-corrected chi connectivity index (χ0v) is 20.9. The third kappa shape index (κ3) is 6.52. The summed E-state index contributed by atoms with van der Waals surface area (Å²) in [5, 5.41) is 0. The van der Waals surface area contributed by atoms with Gasteiger partial charge in [0.2, 0.25) is 12.6 Å². The summed E-state index contributed by atoms with van der Waals surface area (Å²) in [4.78, 5) is 47.3. The summed E-state index contributed by atoms with van der Waals surface area (Å²) in [7, 11) is 0. The lowest BCUT2D eigenvalue weighted by Crippen LogP contribution is -2.63. The minimum Gasteiger partial charge on any atom is -0.472 e. The summed E-state index contributed by atoms with van der Waals surface area (Å²) < 4.78 is 39.6. The zero-order valence-electron chi connectivity index (χ0n) is 20.9. The van der Waals surface area contributed by atoms with Crippen LogP contribution in [0, 0.1) is 17.8 Å². The maximum atomic E-state index is 12.0. The quantitative estimate of drug-likeness (QED) is 0.377. The lowest BCUT2D eigenvalue weighted by atomic mass is 9.84. The Morgan fingerprint density at radius 3 is 2.06 bits per heavy atom. The van der Waals surface area contributed by atoms with Crippen molar-refractivity contribution in [3.8, 4) is 0 Å². The fourth-order valence-electron chi connectivity index (χ4n) is 5.12. The SMILES string of the molecule is CC(=O)OC[C@H]1O[C@@H](O[C@@H]2OC=C(C)[C@H]3CC[C@@H](C)[C@@H]23)[C@H](OC(C)=O)[C@@H](OC(C)=O)[C@@H]1OC(C)=O. The Kier molecular flexibility index (Phi) is 8.76. The van der Waals surface area contributed by atoms with Crippen molar-refractivity contribution in [1.29, 1.82) is 0 Å². The van der Waals surface area contributed by atoms with Gasteiger partial charge in [-0.3, -0.25) is 19.2 Å². The molecule has 3 aliphatic rings. The second kappa shape index (κ2) is 11.4. The fraction of sp³-hybridized carbons (Fsp3) is 0.750. The van der Waals surface area contributed by atoms with E-state index >= 15 is 0 Å². The molecule has 0 unspecified atom stereocenters. The molecule has 1 saturated heterocycles. The van der Waals surface area contributed by atoms with Crippen LogP contribution < -0.4 is 0 Å². The molecule has 2 fully saturated rings. The molecule has 2 heterocycles. The van der Waals surface area contributed by atoms with Crippen LogP contribution in [0.2, 0.25) is 0 Å². The Balaban J connectivity index is 1.95. The molecule has 9 atom stereocenters. The number of ether oxygens (including phenoxy) is 7. The van der Waals surface area contributed by atoms with Crippen molar-refractivity contribution in [3.63, 3.8) is 0 Å². The first-order chi connectivity index (χ1) is 16.5. The van der Waals surface area contributed by atoms with E-state index in [2.05, 4.69) is 6.92 Å². The minimum absolute atomic E-state index is 0.0341. The highest BCUT2D eigenvalue weighted by Gasteiger charge is 2.55. The standard InChI is InChI=1S/C24H34O11/c1-11-7-8-17-12(2)9-30-23(19(11)17)35-24-22(33-16(6)28)21(32-15(5)27)20(31-14(4)26)18(34-24)10-29-13(3)25/h9,11,17-24H,7-8,10H2,1-6H3/t11-,17-,18-,19-,20-,21+,22-,23+,24+/m1/s1. The smallest absolute Gasteiger partial charge is 0.303 e. The Hall–Kier alpha value is -2.66. The van der Waals surface area contributed by atoms with Crippen LogP contribution in [-0.2, 0) is 52.3 Å². The van der Waals surface area contributed by atoms with Gasteiger partial charge in [-0.25, -0.2) is 0 Å². The number of allylic oxidation sites excluding steroid dienone is 1. The number of fused-ring (bicyclic) bond motifs is 1. The largest absolute Gasteiger partial charge is 0.472 e. The van der Waals surface area contributed by atoms with Crippen molar-refractivity contribution in [2.24, 2.45) is 17.8 Å². The summed E-state index contributed by atoms with van der Waals surface area (Å²) in [6.07, 6.45) is -3.18. The van der Waals surface area contributed by atoms with Crippen LogP contribution in [0.5, 0.6) is 0 Å². The normalized spacial score (nSPS) is 36.2. The van der Waals surface area contributed by atoms with E-state index in [0.717, 1.165) is 18.4 Å². The van der Waals surface area contributed by atoms with Crippen molar-refractivity contribution in [2.45, 2.75) is 91.4 Å². The van der Waals surface area contributed by atoms with Crippen LogP contribution >= 0.6 is 0 Å². The lowest BCUT2D eigenvalue weighted by Gasteiger charge is -2.46. The second-order valence-corrected chi connectivity index (χ2v) is 9.31. The average Bonchev–Trinajstić information content (AvgIpc) is 3.14. The first-order valence-corrected chi connectivity index (χ1v) is 11.8. The Bertz CT molecular complexity index is 852. The topological polar surface area (TPSA) is 133 Å². The minimum atomic E-state index is -1.28. The van der Waals surface area contributed by atoms with Crippen molar-refractivity contribution in [3.05, 3.63) is 11.8 Å². The number of carbonyl (C=O) groups excluding carboxylic acids is 4. The van der Waals surface area contributed by atoms with E-state index in [4.69, 9.17) is 33.2 Å². The number of hydrogen-bond acceptors (Lipinski definition) is 11. The molecule has 0 bridgehead atoms. The second-order valence-electron chi connectivity index (χ2n) is 9.31. The van der Waals surface area contributed by atoms with Gasteiger partial charge in [0, 0.05) is 33.6 Å². The van der Waals surface area contributed by atoms with Gasteiger partial charge in [0.05, 0.1) is 6.26 Å². The molecule has 11 nitrogen and oxygen atoms in total. The predicted molar refractivity (Wildman–Crippen MR) is 117 cm³/mol. The highest BCUT2D eigenvalue weighted by Crippen LogP contribution is 2.47. The van der Waals surface area contributed by atoms with E-state index in [9.17, 15) is 19.2 Å². The van der Waals surface area contributed by atoms with Gasteiger partial charge in [-0.1, -0.05) is 6.92 Å². The molecule has 0 aromatic rings. The van der Waals surface area contributed by atoms with Crippen molar-refractivity contribution >= 4 is 23.9 Å². The van der Waals surface area contributed by atoms with E-state index in [1.165, 1.54) is 27.7 Å². The molecule has 0 spiro atoms. The van der Waals surface area contributed by atoms with Gasteiger partial charge in [0.1, 0.15) is 12.7 Å². The van der Waals surface area contributed by atoms with Gasteiger partial charge in [-0.15, -0.1) is 0 Å². The van der Waals surface area contributed by atoms with E-state index in [1.807, 2.05) is 6.92 Å². The molecular weight excluding hydrogens is 464 g/mol. The van der Waals surface area contributed by atoms with E-state index in [-0.39, 0.29) is 18.4 Å². The molecule has 196 valence electrons. The Morgan fingerprint density at radius 1 is 0.857 bits per heavy atom. The molecule has 0 radical (unpaired) electrons. The molecular formula is C24H34O11. The van der Waals surface area contributed by atoms with Crippen LogP contribution in [0.1, 0.15) is 54.4 Å². The first-order valence-electron chi connectivity index (χ1n) is 11.8. The molecule has 1 saturated carbocycles. The van der Waals surface area contributed by atoms with E-state index in [0.29, 0.717) is 5.92 Å². The number of hydrogen-bond donors (Lipinski definition) is 0. The summed E-state index contributed by atoms with van der Waals surface area (Å²) in [5.41, 5.74) is 1.13. The number of carbonyl (C=O) groups is 4. The van der Waals surface area contributed by atoms with Crippen LogP contribution in [0.25, 0.3) is 0 Å². The average molecular weight is 499 g/mol. The highest BCUT2D eigenvalue weighted by molar-refractivity contribution is 5.68. The summed E-state index contributed by atoms with van der Waals surface area (Å²) in [5.74, 6) is -2.05. The molecule has 3 rings (SSSR count). The van der Waals surface area contributed by atoms with Crippen LogP contribution in [0.15, 0.2) is 11.8 Å². The highest BCUT2D eigenvalue weighted by atomic mass is 16.8. The van der Waals surface area contributed by atoms with Crippen LogP contribution in [-0.4, -0.2) is 67.5 Å². The number of esters is 4. The maximum absolute atomic E-state index is 12.0. The molecule has 1 aliphatic carbocycles. The Morgan fingerprint density at radius 2 is 1.46 bits per heavy atom. The van der Waals surface area contributed by atoms with Gasteiger partial charge in [-0.05, 0) is 37.2 Å². The van der Waals surface area contributed by atoms with Crippen molar-refractivity contribution < 1.29 is 52.3 Å². The fourth-order valence-corrected chi connectivity index (χ4v) is 5.12. The Labute approximate surface area is 204 Å². The van der Waals surface area contributed by atoms with Crippen LogP contribution in [0.4, 0.5) is 0 Å². The first kappa shape index (κ1) is 26.9. The molecule has 0 aromatic carbocycles. The maximum Gasteiger partial charge on any atom is 0.303 e. The monoisotopic (exact) mass is 498 g/mol. The van der Waals surface area contributed by atoms with Crippen molar-refractivity contribution in [2.75, 3.05) is 6.61 Å². The molecule has 0 aromatic heterocycles.